The number of ether oxygens (including phenoxy) is 3. The molecule has 0 spiro atoms. The van der Waals surface area contributed by atoms with Gasteiger partial charge in [-0.2, -0.15) is 0 Å². The average molecular weight is 385 g/mol. The molecule has 2 aromatic carbocycles. The summed E-state index contributed by atoms with van der Waals surface area (Å²) in [6.45, 7) is 2.88. The predicted octanol–water partition coefficient (Wildman–Crippen LogP) is 3.34. The van der Waals surface area contributed by atoms with Crippen LogP contribution < -0.4 is 9.47 Å². The van der Waals surface area contributed by atoms with E-state index >= 15 is 0 Å². The molecular formula is C22H27NO5. The van der Waals surface area contributed by atoms with Crippen molar-refractivity contribution in [1.82, 2.24) is 4.90 Å². The summed E-state index contributed by atoms with van der Waals surface area (Å²) >= 11 is 0. The number of hydrogen-bond acceptors (Lipinski definition) is 5. The Morgan fingerprint density at radius 2 is 1.64 bits per heavy atom. The van der Waals surface area contributed by atoms with Crippen molar-refractivity contribution in [2.75, 3.05) is 33.9 Å². The normalized spacial score (nSPS) is 10.2. The molecule has 0 aliphatic heterocycles. The summed E-state index contributed by atoms with van der Waals surface area (Å²) in [5.41, 5.74) is 1.61. The summed E-state index contributed by atoms with van der Waals surface area (Å²) in [4.78, 5) is 26.3. The molecule has 0 saturated heterocycles. The van der Waals surface area contributed by atoms with E-state index in [0.29, 0.717) is 43.2 Å². The molecule has 150 valence electrons. The number of amides is 1. The minimum atomic E-state index is -0.306. The number of rotatable bonds is 10. The zero-order chi connectivity index (χ0) is 20.4. The first-order valence-electron chi connectivity index (χ1n) is 9.29. The van der Waals surface area contributed by atoms with Crippen molar-refractivity contribution in [3.63, 3.8) is 0 Å². The third kappa shape index (κ3) is 6.01. The molecule has 0 aliphatic rings. The van der Waals surface area contributed by atoms with Gasteiger partial charge >= 0.3 is 5.97 Å². The first-order valence-corrected chi connectivity index (χ1v) is 9.29. The summed E-state index contributed by atoms with van der Waals surface area (Å²) in [6, 6.07) is 14.7. The Morgan fingerprint density at radius 3 is 2.29 bits per heavy atom. The lowest BCUT2D eigenvalue weighted by Crippen LogP contribution is -2.35. The molecule has 2 aromatic rings. The lowest BCUT2D eigenvalue weighted by Gasteiger charge is -2.23. The number of esters is 1. The highest BCUT2D eigenvalue weighted by atomic mass is 16.5. The van der Waals surface area contributed by atoms with Crippen molar-refractivity contribution in [2.24, 2.45) is 0 Å². The highest BCUT2D eigenvalue weighted by Crippen LogP contribution is 2.27. The molecule has 6 nitrogen and oxygen atoms in total. The summed E-state index contributed by atoms with van der Waals surface area (Å²) in [5, 5.41) is 0. The molecule has 0 heterocycles. The second-order valence-electron chi connectivity index (χ2n) is 6.15. The van der Waals surface area contributed by atoms with Crippen molar-refractivity contribution < 1.29 is 23.8 Å². The van der Waals surface area contributed by atoms with Crippen molar-refractivity contribution in [3.8, 4) is 11.5 Å². The molecule has 6 heteroatoms. The average Bonchev–Trinajstić information content (AvgIpc) is 2.74. The van der Waals surface area contributed by atoms with Gasteiger partial charge in [0.1, 0.15) is 0 Å². The van der Waals surface area contributed by atoms with Crippen molar-refractivity contribution >= 4 is 11.9 Å². The smallest absolute Gasteiger partial charge is 0.307 e. The number of carbonyl (C=O) groups excluding carboxylic acids is 2. The van der Waals surface area contributed by atoms with Crippen molar-refractivity contribution in [3.05, 3.63) is 59.7 Å². The molecule has 2 rings (SSSR count). The fourth-order valence-corrected chi connectivity index (χ4v) is 2.84. The third-order valence-electron chi connectivity index (χ3n) is 4.32. The van der Waals surface area contributed by atoms with Gasteiger partial charge in [0.2, 0.25) is 0 Å². The fourth-order valence-electron chi connectivity index (χ4n) is 2.84. The molecule has 0 radical (unpaired) electrons. The Hall–Kier alpha value is -3.02. The largest absolute Gasteiger partial charge is 0.493 e. The van der Waals surface area contributed by atoms with Crippen LogP contribution in [0.5, 0.6) is 11.5 Å². The van der Waals surface area contributed by atoms with Crippen LogP contribution in [-0.2, 0) is 16.0 Å². The summed E-state index contributed by atoms with van der Waals surface area (Å²) < 4.78 is 15.6. The van der Waals surface area contributed by atoms with Gasteiger partial charge in [0.05, 0.1) is 27.2 Å². The van der Waals surface area contributed by atoms with Gasteiger partial charge in [-0.25, -0.2) is 0 Å². The summed E-state index contributed by atoms with van der Waals surface area (Å²) in [5.74, 6) is 0.892. The van der Waals surface area contributed by atoms with Crippen LogP contribution in [0.3, 0.4) is 0 Å². The number of carbonyl (C=O) groups is 2. The molecule has 0 bridgehead atoms. The Labute approximate surface area is 166 Å². The Balaban J connectivity index is 2.10. The quantitative estimate of drug-likeness (QED) is 0.587. The lowest BCUT2D eigenvalue weighted by atomic mass is 10.1. The second kappa shape index (κ2) is 11.0. The van der Waals surface area contributed by atoms with Crippen LogP contribution in [-0.4, -0.2) is 50.7 Å². The van der Waals surface area contributed by atoms with E-state index in [4.69, 9.17) is 14.2 Å². The maximum atomic E-state index is 12.9. The minimum absolute atomic E-state index is 0.106. The van der Waals surface area contributed by atoms with E-state index in [2.05, 4.69) is 0 Å². The lowest BCUT2D eigenvalue weighted by molar-refractivity contribution is -0.143. The van der Waals surface area contributed by atoms with E-state index in [-0.39, 0.29) is 18.3 Å². The number of methoxy groups -OCH3 is 2. The monoisotopic (exact) mass is 385 g/mol. The van der Waals surface area contributed by atoms with Crippen molar-refractivity contribution in [1.29, 1.82) is 0 Å². The van der Waals surface area contributed by atoms with Gasteiger partial charge in [-0.05, 0) is 43.2 Å². The van der Waals surface area contributed by atoms with E-state index < -0.39 is 0 Å². The maximum Gasteiger partial charge on any atom is 0.307 e. The number of hydrogen-bond donors (Lipinski definition) is 0. The molecule has 0 unspecified atom stereocenters. The summed E-state index contributed by atoms with van der Waals surface area (Å²) in [6.07, 6.45) is 0.792. The predicted molar refractivity (Wildman–Crippen MR) is 107 cm³/mol. The van der Waals surface area contributed by atoms with Gasteiger partial charge in [0.15, 0.2) is 11.5 Å². The van der Waals surface area contributed by atoms with Gasteiger partial charge < -0.3 is 19.1 Å². The van der Waals surface area contributed by atoms with E-state index in [0.717, 1.165) is 5.56 Å². The molecular weight excluding hydrogens is 358 g/mol. The number of benzene rings is 2. The molecule has 0 saturated carbocycles. The fraction of sp³-hybridized carbons (Fsp3) is 0.364. The van der Waals surface area contributed by atoms with E-state index in [9.17, 15) is 9.59 Å². The molecule has 28 heavy (non-hydrogen) atoms. The topological polar surface area (TPSA) is 65.1 Å². The SMILES string of the molecule is CCOC(=O)CCN(CCc1ccc(OC)c(OC)c1)C(=O)c1ccccc1. The highest BCUT2D eigenvalue weighted by molar-refractivity contribution is 5.94. The van der Waals surface area contributed by atoms with Crippen LogP contribution >= 0.6 is 0 Å². The van der Waals surface area contributed by atoms with Crippen LogP contribution in [0.4, 0.5) is 0 Å². The van der Waals surface area contributed by atoms with Crippen LogP contribution in [0.25, 0.3) is 0 Å². The number of nitrogens with zero attached hydrogens (tertiary/aromatic N) is 1. The van der Waals surface area contributed by atoms with Crippen LogP contribution in [0.15, 0.2) is 48.5 Å². The van der Waals surface area contributed by atoms with E-state index in [1.54, 1.807) is 38.2 Å². The molecule has 0 aromatic heterocycles. The first-order chi connectivity index (χ1) is 13.6. The van der Waals surface area contributed by atoms with Crippen LogP contribution in [0, 0.1) is 0 Å². The molecule has 0 N–H and O–H groups in total. The molecule has 0 aliphatic carbocycles. The highest BCUT2D eigenvalue weighted by Gasteiger charge is 2.17. The van der Waals surface area contributed by atoms with E-state index in [1.807, 2.05) is 36.4 Å². The first kappa shape index (κ1) is 21.3. The molecule has 1 amide bonds. The molecule has 0 fully saturated rings. The van der Waals surface area contributed by atoms with Crippen molar-refractivity contribution in [2.45, 2.75) is 19.8 Å². The standard InChI is InChI=1S/C22H27NO5/c1-4-28-21(24)13-15-23(22(25)18-8-6-5-7-9-18)14-12-17-10-11-19(26-2)20(16-17)27-3/h5-11,16H,4,12-15H2,1-3H3. The summed E-state index contributed by atoms with van der Waals surface area (Å²) in [7, 11) is 3.18. The van der Waals surface area contributed by atoms with Gasteiger partial charge in [0.25, 0.3) is 5.91 Å². The Bertz CT molecular complexity index is 776. The minimum Gasteiger partial charge on any atom is -0.493 e. The maximum absolute atomic E-state index is 12.9. The van der Waals surface area contributed by atoms with Gasteiger partial charge in [0, 0.05) is 18.7 Å². The van der Waals surface area contributed by atoms with Crippen LogP contribution in [0.2, 0.25) is 0 Å². The Morgan fingerprint density at radius 1 is 0.929 bits per heavy atom. The van der Waals surface area contributed by atoms with E-state index in [1.165, 1.54) is 0 Å². The Kier molecular flexibility index (Phi) is 8.34. The van der Waals surface area contributed by atoms with Gasteiger partial charge in [-0.15, -0.1) is 0 Å². The zero-order valence-electron chi connectivity index (χ0n) is 16.6. The van der Waals surface area contributed by atoms with Gasteiger partial charge in [-0.3, -0.25) is 9.59 Å². The molecule has 0 atom stereocenters. The second-order valence-corrected chi connectivity index (χ2v) is 6.15. The van der Waals surface area contributed by atoms with Gasteiger partial charge in [-0.1, -0.05) is 24.3 Å². The third-order valence-corrected chi connectivity index (χ3v) is 4.32. The zero-order valence-corrected chi connectivity index (χ0v) is 16.6. The van der Waals surface area contributed by atoms with Crippen LogP contribution in [0.1, 0.15) is 29.3 Å².